The summed E-state index contributed by atoms with van der Waals surface area (Å²) in [5.74, 6) is 1.23. The van der Waals surface area contributed by atoms with Crippen LogP contribution in [-0.2, 0) is 6.54 Å². The van der Waals surface area contributed by atoms with E-state index in [1.165, 1.54) is 6.07 Å². The molecule has 0 aliphatic rings. The van der Waals surface area contributed by atoms with Crippen LogP contribution >= 0.6 is 11.6 Å². The second-order valence-electron chi connectivity index (χ2n) is 3.76. The molecule has 0 amide bonds. The lowest BCUT2D eigenvalue weighted by Gasteiger charge is -2.15. The minimum atomic E-state index is -0.0561. The van der Waals surface area contributed by atoms with Crippen molar-refractivity contribution in [2.24, 2.45) is 5.92 Å². The molecule has 0 aliphatic heterocycles. The highest BCUT2D eigenvalue weighted by molar-refractivity contribution is 6.29. The molecule has 1 aromatic heterocycles. The van der Waals surface area contributed by atoms with E-state index in [4.69, 9.17) is 11.6 Å². The maximum Gasteiger partial charge on any atom is 0.254 e. The lowest BCUT2D eigenvalue weighted by atomic mass is 10.0. The summed E-state index contributed by atoms with van der Waals surface area (Å²) in [6.07, 6.45) is 2.15. The van der Waals surface area contributed by atoms with E-state index in [2.05, 4.69) is 18.8 Å². The molecule has 15 heavy (non-hydrogen) atoms. The summed E-state index contributed by atoms with van der Waals surface area (Å²) in [7, 11) is 0. The molecule has 0 radical (unpaired) electrons. The number of rotatable bonds is 4. The molecule has 1 aromatic rings. The molecule has 0 saturated carbocycles. The van der Waals surface area contributed by atoms with Gasteiger partial charge in [0.25, 0.3) is 5.56 Å². The number of nitrogens with zero attached hydrogens (tertiary/aromatic N) is 2. The van der Waals surface area contributed by atoms with E-state index < -0.39 is 0 Å². The van der Waals surface area contributed by atoms with Crippen LogP contribution in [0.3, 0.4) is 0 Å². The van der Waals surface area contributed by atoms with Crippen LogP contribution in [0.4, 0.5) is 0 Å². The van der Waals surface area contributed by atoms with Gasteiger partial charge in [0.05, 0.1) is 0 Å². The van der Waals surface area contributed by atoms with Gasteiger partial charge in [0.15, 0.2) is 0 Å². The van der Waals surface area contributed by atoms with Crippen molar-refractivity contribution in [1.29, 1.82) is 0 Å². The van der Waals surface area contributed by atoms with E-state index in [0.717, 1.165) is 19.4 Å². The van der Waals surface area contributed by atoms with Gasteiger partial charge in [-0.3, -0.25) is 9.36 Å². The standard InChI is InChI=1S/C11H17ClN2O/c1-4-9(5-2)7-14-8(3)13-10(12)6-11(14)15/h6,9H,4-5,7H2,1-3H3. The zero-order valence-electron chi connectivity index (χ0n) is 9.46. The Morgan fingerprint density at radius 1 is 1.47 bits per heavy atom. The van der Waals surface area contributed by atoms with Crippen LogP contribution in [0.2, 0.25) is 5.15 Å². The van der Waals surface area contributed by atoms with Gasteiger partial charge < -0.3 is 0 Å². The second kappa shape index (κ2) is 5.31. The first kappa shape index (κ1) is 12.2. The topological polar surface area (TPSA) is 34.9 Å². The number of aromatic nitrogens is 2. The smallest absolute Gasteiger partial charge is 0.254 e. The SMILES string of the molecule is CCC(CC)Cn1c(C)nc(Cl)cc1=O. The van der Waals surface area contributed by atoms with Gasteiger partial charge in [-0.25, -0.2) is 4.98 Å². The van der Waals surface area contributed by atoms with Gasteiger partial charge in [0.2, 0.25) is 0 Å². The van der Waals surface area contributed by atoms with Gasteiger partial charge in [-0.2, -0.15) is 0 Å². The molecular formula is C11H17ClN2O. The van der Waals surface area contributed by atoms with Crippen molar-refractivity contribution in [3.63, 3.8) is 0 Å². The maximum atomic E-state index is 11.7. The largest absolute Gasteiger partial charge is 0.297 e. The Kier molecular flexibility index (Phi) is 4.33. The lowest BCUT2D eigenvalue weighted by molar-refractivity contribution is 0.403. The quantitative estimate of drug-likeness (QED) is 0.743. The number of hydrogen-bond donors (Lipinski definition) is 0. The minimum absolute atomic E-state index is 0.0561. The predicted octanol–water partition coefficient (Wildman–Crippen LogP) is 2.64. The zero-order valence-corrected chi connectivity index (χ0v) is 10.2. The zero-order chi connectivity index (χ0) is 11.4. The van der Waals surface area contributed by atoms with E-state index in [1.807, 2.05) is 6.92 Å². The van der Waals surface area contributed by atoms with Gasteiger partial charge in [0.1, 0.15) is 11.0 Å². The summed E-state index contributed by atoms with van der Waals surface area (Å²) in [6.45, 7) is 6.83. The summed E-state index contributed by atoms with van der Waals surface area (Å²) in [4.78, 5) is 15.8. The lowest BCUT2D eigenvalue weighted by Crippen LogP contribution is -2.26. The molecule has 0 unspecified atom stereocenters. The summed E-state index contributed by atoms with van der Waals surface area (Å²) < 4.78 is 1.70. The number of aryl methyl sites for hydroxylation is 1. The van der Waals surface area contributed by atoms with Gasteiger partial charge in [0, 0.05) is 12.6 Å². The third-order valence-electron chi connectivity index (χ3n) is 2.76. The fourth-order valence-corrected chi connectivity index (χ4v) is 1.83. The fraction of sp³-hybridized carbons (Fsp3) is 0.636. The van der Waals surface area contributed by atoms with Crippen molar-refractivity contribution < 1.29 is 0 Å². The van der Waals surface area contributed by atoms with Crippen molar-refractivity contribution in [2.45, 2.75) is 40.2 Å². The Bertz CT molecular complexity index is 383. The summed E-state index contributed by atoms with van der Waals surface area (Å²) in [5.41, 5.74) is -0.0561. The molecule has 1 heterocycles. The Hall–Kier alpha value is -0.830. The molecule has 0 aliphatic carbocycles. The van der Waals surface area contributed by atoms with Crippen LogP contribution in [-0.4, -0.2) is 9.55 Å². The molecule has 1 rings (SSSR count). The van der Waals surface area contributed by atoms with Crippen LogP contribution in [0.15, 0.2) is 10.9 Å². The van der Waals surface area contributed by atoms with E-state index in [-0.39, 0.29) is 10.7 Å². The molecule has 0 fully saturated rings. The summed E-state index contributed by atoms with van der Waals surface area (Å²) in [6, 6.07) is 1.37. The first-order valence-electron chi connectivity index (χ1n) is 5.32. The van der Waals surface area contributed by atoms with Crippen LogP contribution in [0.1, 0.15) is 32.5 Å². The van der Waals surface area contributed by atoms with Crippen LogP contribution in [0.25, 0.3) is 0 Å². The van der Waals surface area contributed by atoms with Gasteiger partial charge in [-0.15, -0.1) is 0 Å². The molecule has 0 spiro atoms. The molecule has 3 nitrogen and oxygen atoms in total. The van der Waals surface area contributed by atoms with Gasteiger partial charge in [-0.05, 0) is 12.8 Å². The van der Waals surface area contributed by atoms with Crippen LogP contribution in [0, 0.1) is 12.8 Å². The fourth-order valence-electron chi connectivity index (χ4n) is 1.61. The van der Waals surface area contributed by atoms with Crippen LogP contribution < -0.4 is 5.56 Å². The van der Waals surface area contributed by atoms with Crippen molar-refractivity contribution in [2.75, 3.05) is 0 Å². The van der Waals surface area contributed by atoms with Crippen LogP contribution in [0.5, 0.6) is 0 Å². The number of halogens is 1. The highest BCUT2D eigenvalue weighted by Gasteiger charge is 2.09. The molecule has 0 saturated heterocycles. The van der Waals surface area contributed by atoms with Gasteiger partial charge in [-0.1, -0.05) is 38.3 Å². The molecule has 0 N–H and O–H groups in total. The highest BCUT2D eigenvalue weighted by Crippen LogP contribution is 2.11. The van der Waals surface area contributed by atoms with E-state index in [0.29, 0.717) is 11.7 Å². The Labute approximate surface area is 95.1 Å². The average Bonchev–Trinajstić information content (AvgIpc) is 2.17. The van der Waals surface area contributed by atoms with Gasteiger partial charge >= 0.3 is 0 Å². The van der Waals surface area contributed by atoms with E-state index in [1.54, 1.807) is 4.57 Å². The molecule has 4 heteroatoms. The Balaban J connectivity index is 2.99. The Morgan fingerprint density at radius 2 is 2.07 bits per heavy atom. The highest BCUT2D eigenvalue weighted by atomic mass is 35.5. The predicted molar refractivity (Wildman–Crippen MR) is 62.3 cm³/mol. The Morgan fingerprint density at radius 3 is 2.53 bits per heavy atom. The van der Waals surface area contributed by atoms with E-state index in [9.17, 15) is 4.79 Å². The summed E-state index contributed by atoms with van der Waals surface area (Å²) in [5, 5.41) is 0.276. The second-order valence-corrected chi connectivity index (χ2v) is 4.14. The third-order valence-corrected chi connectivity index (χ3v) is 2.96. The minimum Gasteiger partial charge on any atom is -0.297 e. The van der Waals surface area contributed by atoms with E-state index >= 15 is 0 Å². The first-order valence-corrected chi connectivity index (χ1v) is 5.70. The van der Waals surface area contributed by atoms with Crippen molar-refractivity contribution in [3.8, 4) is 0 Å². The molecule has 84 valence electrons. The first-order chi connectivity index (χ1) is 7.08. The molecule has 0 atom stereocenters. The molecule has 0 aromatic carbocycles. The van der Waals surface area contributed by atoms with Crippen molar-refractivity contribution in [1.82, 2.24) is 9.55 Å². The molecule has 0 bridgehead atoms. The average molecular weight is 229 g/mol. The van der Waals surface area contributed by atoms with Crippen molar-refractivity contribution in [3.05, 3.63) is 27.4 Å². The third kappa shape index (κ3) is 3.06. The maximum absolute atomic E-state index is 11.7. The summed E-state index contributed by atoms with van der Waals surface area (Å²) >= 11 is 5.70. The molecular weight excluding hydrogens is 212 g/mol. The normalized spacial score (nSPS) is 11.0. The van der Waals surface area contributed by atoms with Crippen molar-refractivity contribution >= 4 is 11.6 Å². The monoisotopic (exact) mass is 228 g/mol. The number of hydrogen-bond acceptors (Lipinski definition) is 2.